The van der Waals surface area contributed by atoms with Crippen LogP contribution in [0.4, 0.5) is 18.9 Å². The molecule has 1 saturated heterocycles. The maximum absolute atomic E-state index is 12.6. The van der Waals surface area contributed by atoms with Gasteiger partial charge in [0, 0.05) is 38.5 Å². The van der Waals surface area contributed by atoms with Crippen LogP contribution >= 0.6 is 0 Å². The molecule has 0 saturated carbocycles. The number of benzene rings is 2. The van der Waals surface area contributed by atoms with Crippen LogP contribution in [0.3, 0.4) is 0 Å². The molecule has 1 fully saturated rings. The van der Waals surface area contributed by atoms with Crippen LogP contribution in [0.1, 0.15) is 42.0 Å². The molecule has 1 aromatic heterocycles. The van der Waals surface area contributed by atoms with E-state index in [2.05, 4.69) is 20.9 Å². The van der Waals surface area contributed by atoms with Crippen LogP contribution in [0.2, 0.25) is 0 Å². The van der Waals surface area contributed by atoms with Crippen molar-refractivity contribution < 1.29 is 22.4 Å². The Hall–Kier alpha value is -3.64. The minimum Gasteiger partial charge on any atom is -0.447 e. The summed E-state index contributed by atoms with van der Waals surface area (Å²) < 4.78 is 43.5. The summed E-state index contributed by atoms with van der Waals surface area (Å²) in [5.74, 6) is -0.985. The molecule has 6 nitrogen and oxygen atoms in total. The van der Waals surface area contributed by atoms with Gasteiger partial charge in [0.1, 0.15) is 24.2 Å². The molecule has 3 aromatic rings. The molecule has 2 aromatic carbocycles. The first-order valence-corrected chi connectivity index (χ1v) is 11.8. The molecule has 2 atom stereocenters. The second-order valence-corrected chi connectivity index (χ2v) is 9.03. The molecule has 0 radical (unpaired) electrons. The standard InChI is InChI=1S/C27H27F3N4O2/c1-19(17-27(28,29)30)24(35)16-20-7-8-23(22(15-20)18-31)33-10-12-34(13-11-33)25(26-32-9-14-36-26)21-5-3-2-4-6-21/h2-9,14-15,19,25H,10-13,16-17H2,1H3. The molecule has 36 heavy (non-hydrogen) atoms. The van der Waals surface area contributed by atoms with Gasteiger partial charge in [0.25, 0.3) is 0 Å². The van der Waals surface area contributed by atoms with E-state index in [1.165, 1.54) is 6.92 Å². The summed E-state index contributed by atoms with van der Waals surface area (Å²) in [4.78, 5) is 21.1. The number of alkyl halides is 3. The lowest BCUT2D eigenvalue weighted by Gasteiger charge is -2.39. The Balaban J connectivity index is 1.44. The highest BCUT2D eigenvalue weighted by molar-refractivity contribution is 5.83. The third-order valence-corrected chi connectivity index (χ3v) is 6.47. The highest BCUT2D eigenvalue weighted by atomic mass is 19.4. The molecule has 1 aliphatic rings. The van der Waals surface area contributed by atoms with Gasteiger partial charge >= 0.3 is 6.18 Å². The number of anilines is 1. The number of oxazole rings is 1. The number of carbonyl (C=O) groups excluding carboxylic acids is 1. The predicted molar refractivity (Wildman–Crippen MR) is 128 cm³/mol. The average Bonchev–Trinajstić information content (AvgIpc) is 3.38. The number of halogens is 3. The zero-order valence-corrected chi connectivity index (χ0v) is 19.9. The second kappa shape index (κ2) is 11.0. The highest BCUT2D eigenvalue weighted by Gasteiger charge is 2.33. The molecule has 2 unspecified atom stereocenters. The van der Waals surface area contributed by atoms with Crippen molar-refractivity contribution in [3.05, 3.63) is 83.6 Å². The third kappa shape index (κ3) is 6.13. The van der Waals surface area contributed by atoms with E-state index >= 15 is 0 Å². The number of hydrogen-bond donors (Lipinski definition) is 0. The van der Waals surface area contributed by atoms with Gasteiger partial charge in [-0.05, 0) is 23.3 Å². The van der Waals surface area contributed by atoms with Gasteiger partial charge in [0.15, 0.2) is 0 Å². The van der Waals surface area contributed by atoms with Crippen LogP contribution in [-0.2, 0) is 11.2 Å². The Morgan fingerprint density at radius 1 is 1.14 bits per heavy atom. The van der Waals surface area contributed by atoms with Gasteiger partial charge in [0.05, 0.1) is 23.9 Å². The second-order valence-electron chi connectivity index (χ2n) is 9.03. The highest BCUT2D eigenvalue weighted by Crippen LogP contribution is 2.31. The summed E-state index contributed by atoms with van der Waals surface area (Å²) in [5.41, 5.74) is 2.79. The van der Waals surface area contributed by atoms with Crippen molar-refractivity contribution in [1.82, 2.24) is 9.88 Å². The topological polar surface area (TPSA) is 73.4 Å². The lowest BCUT2D eigenvalue weighted by atomic mass is 9.95. The molecule has 0 spiro atoms. The van der Waals surface area contributed by atoms with Gasteiger partial charge in [-0.15, -0.1) is 0 Å². The van der Waals surface area contributed by atoms with Crippen molar-refractivity contribution >= 4 is 11.5 Å². The Morgan fingerprint density at radius 3 is 2.47 bits per heavy atom. The first-order chi connectivity index (χ1) is 17.2. The third-order valence-electron chi connectivity index (χ3n) is 6.47. The average molecular weight is 497 g/mol. The van der Waals surface area contributed by atoms with Crippen molar-refractivity contribution in [2.75, 3.05) is 31.1 Å². The number of ketones is 1. The van der Waals surface area contributed by atoms with Crippen molar-refractivity contribution in [2.45, 2.75) is 32.0 Å². The Kier molecular flexibility index (Phi) is 7.75. The van der Waals surface area contributed by atoms with E-state index in [9.17, 15) is 23.2 Å². The zero-order valence-electron chi connectivity index (χ0n) is 19.9. The first-order valence-electron chi connectivity index (χ1n) is 11.8. The van der Waals surface area contributed by atoms with Gasteiger partial charge in [-0.2, -0.15) is 18.4 Å². The number of carbonyl (C=O) groups is 1. The van der Waals surface area contributed by atoms with Crippen molar-refractivity contribution in [3.8, 4) is 6.07 Å². The van der Waals surface area contributed by atoms with E-state index in [-0.39, 0.29) is 12.5 Å². The smallest absolute Gasteiger partial charge is 0.389 e. The van der Waals surface area contributed by atoms with Crippen molar-refractivity contribution in [2.24, 2.45) is 5.92 Å². The zero-order chi connectivity index (χ0) is 25.7. The molecule has 0 aliphatic carbocycles. The van der Waals surface area contributed by atoms with E-state index in [1.807, 2.05) is 30.3 Å². The molecule has 1 aliphatic heterocycles. The van der Waals surface area contributed by atoms with Crippen LogP contribution in [0.15, 0.2) is 65.4 Å². The molecule has 0 N–H and O–H groups in total. The fourth-order valence-electron chi connectivity index (χ4n) is 4.63. The summed E-state index contributed by atoms with van der Waals surface area (Å²) in [6.45, 7) is 4.04. The van der Waals surface area contributed by atoms with Crippen LogP contribution in [-0.4, -0.2) is 48.0 Å². The molecule has 9 heteroatoms. The maximum atomic E-state index is 12.6. The number of nitrogens with zero attached hydrogens (tertiary/aromatic N) is 4. The van der Waals surface area contributed by atoms with Crippen LogP contribution in [0.5, 0.6) is 0 Å². The van der Waals surface area contributed by atoms with Crippen molar-refractivity contribution in [3.63, 3.8) is 0 Å². The van der Waals surface area contributed by atoms with E-state index in [0.29, 0.717) is 43.2 Å². The SMILES string of the molecule is CC(CC(F)(F)F)C(=O)Cc1ccc(N2CCN(C(c3ccccc3)c3ncco3)CC2)c(C#N)c1. The molecule has 0 bridgehead atoms. The summed E-state index contributed by atoms with van der Waals surface area (Å²) in [7, 11) is 0. The van der Waals surface area contributed by atoms with Gasteiger partial charge in [-0.1, -0.05) is 43.3 Å². The molecule has 4 rings (SSSR count). The largest absolute Gasteiger partial charge is 0.447 e. The fourth-order valence-corrected chi connectivity index (χ4v) is 4.63. The minimum absolute atomic E-state index is 0.120. The van der Waals surface area contributed by atoms with Gasteiger partial charge in [-0.25, -0.2) is 4.98 Å². The number of aromatic nitrogens is 1. The minimum atomic E-state index is -4.38. The molecule has 0 amide bonds. The van der Waals surface area contributed by atoms with Gasteiger partial charge in [-0.3, -0.25) is 9.69 Å². The van der Waals surface area contributed by atoms with E-state index in [4.69, 9.17) is 4.42 Å². The number of rotatable bonds is 8. The Labute approximate surface area is 208 Å². The number of nitriles is 1. The summed E-state index contributed by atoms with van der Waals surface area (Å²) in [6.07, 6.45) is -2.45. The van der Waals surface area contributed by atoms with E-state index in [0.717, 1.165) is 11.3 Å². The fraction of sp³-hybridized carbons (Fsp3) is 0.370. The molecule has 188 valence electrons. The van der Waals surface area contributed by atoms with Crippen LogP contribution in [0.25, 0.3) is 0 Å². The molecule has 2 heterocycles. The first kappa shape index (κ1) is 25.5. The van der Waals surface area contributed by atoms with E-state index in [1.54, 1.807) is 30.7 Å². The molecular weight excluding hydrogens is 469 g/mol. The lowest BCUT2D eigenvalue weighted by molar-refractivity contribution is -0.151. The number of hydrogen-bond acceptors (Lipinski definition) is 6. The van der Waals surface area contributed by atoms with Gasteiger partial charge < -0.3 is 9.32 Å². The van der Waals surface area contributed by atoms with Gasteiger partial charge in [0.2, 0.25) is 5.89 Å². The predicted octanol–water partition coefficient (Wildman–Crippen LogP) is 5.16. The van der Waals surface area contributed by atoms with Crippen molar-refractivity contribution in [1.29, 1.82) is 5.26 Å². The quantitative estimate of drug-likeness (QED) is 0.429. The van der Waals surface area contributed by atoms with Crippen LogP contribution < -0.4 is 4.90 Å². The lowest BCUT2D eigenvalue weighted by Crippen LogP contribution is -2.48. The summed E-state index contributed by atoms with van der Waals surface area (Å²) in [6, 6.07) is 17.2. The maximum Gasteiger partial charge on any atom is 0.389 e. The van der Waals surface area contributed by atoms with Crippen LogP contribution in [0, 0.1) is 17.2 Å². The normalized spacial score (nSPS) is 16.4. The van der Waals surface area contributed by atoms with E-state index < -0.39 is 24.3 Å². The monoisotopic (exact) mass is 496 g/mol. The Morgan fingerprint density at radius 2 is 1.86 bits per heavy atom. The summed E-state index contributed by atoms with van der Waals surface area (Å²) >= 11 is 0. The Bertz CT molecular complexity index is 1200. The summed E-state index contributed by atoms with van der Waals surface area (Å²) in [5, 5.41) is 9.74. The molecular formula is C27H27F3N4O2. The number of Topliss-reactive ketones (excluding diaryl/α,β-unsaturated/α-hetero) is 1. The number of piperazine rings is 1.